The smallest absolute Gasteiger partial charge is 0.409 e. The van der Waals surface area contributed by atoms with Crippen LogP contribution in [0.4, 0.5) is 14.9 Å². The van der Waals surface area contributed by atoms with Gasteiger partial charge in [0, 0.05) is 16.7 Å². The van der Waals surface area contributed by atoms with Crippen LogP contribution in [0.25, 0.3) is 0 Å². The number of ether oxygens (including phenoxy) is 1. The lowest BCUT2D eigenvalue weighted by Crippen LogP contribution is -2.50. The summed E-state index contributed by atoms with van der Waals surface area (Å²) >= 11 is 0. The van der Waals surface area contributed by atoms with Crippen molar-refractivity contribution < 1.29 is 23.5 Å². The van der Waals surface area contributed by atoms with Gasteiger partial charge in [-0.15, -0.1) is 0 Å². The number of para-hydroxylation sites is 1. The molecule has 8 heteroatoms. The van der Waals surface area contributed by atoms with Crippen molar-refractivity contribution >= 4 is 29.2 Å². The minimum Gasteiger partial charge on any atom is -0.444 e. The van der Waals surface area contributed by atoms with Gasteiger partial charge >= 0.3 is 6.09 Å². The zero-order valence-electron chi connectivity index (χ0n) is 22.0. The minimum absolute atomic E-state index is 0.162. The number of fused-ring (bicyclic) bond motifs is 1. The van der Waals surface area contributed by atoms with Crippen molar-refractivity contribution in [1.82, 2.24) is 5.32 Å². The lowest BCUT2D eigenvalue weighted by molar-refractivity contribution is -0.120. The van der Waals surface area contributed by atoms with Gasteiger partial charge < -0.3 is 9.64 Å². The first-order chi connectivity index (χ1) is 18.0. The van der Waals surface area contributed by atoms with Crippen LogP contribution in [0.1, 0.15) is 53.4 Å². The molecule has 0 radical (unpaired) electrons. The number of Topliss-reactive ketones (excluding diaryl/α,β-unsaturated/α-hetero) is 1. The molecule has 1 heterocycles. The van der Waals surface area contributed by atoms with E-state index in [0.29, 0.717) is 22.4 Å². The van der Waals surface area contributed by atoms with Gasteiger partial charge in [0.15, 0.2) is 5.78 Å². The molecule has 0 saturated carbocycles. The highest BCUT2D eigenvalue weighted by molar-refractivity contribution is 6.21. The molecule has 1 aliphatic heterocycles. The number of ketones is 1. The van der Waals surface area contributed by atoms with Gasteiger partial charge in [0.1, 0.15) is 11.4 Å². The van der Waals surface area contributed by atoms with Gasteiger partial charge in [-0.3, -0.25) is 14.9 Å². The van der Waals surface area contributed by atoms with Crippen molar-refractivity contribution in [2.45, 2.75) is 46.4 Å². The van der Waals surface area contributed by atoms with Gasteiger partial charge in [0.25, 0.3) is 5.91 Å². The number of nitrogens with zero attached hydrogens (tertiary/aromatic N) is 2. The molecule has 0 aliphatic carbocycles. The van der Waals surface area contributed by atoms with E-state index in [2.05, 4.69) is 10.3 Å². The third-order valence-electron chi connectivity index (χ3n) is 6.05. The Balaban J connectivity index is 1.87. The van der Waals surface area contributed by atoms with Crippen LogP contribution in [-0.2, 0) is 9.53 Å². The second-order valence-corrected chi connectivity index (χ2v) is 10.1. The Kier molecular flexibility index (Phi) is 7.44. The average molecular weight is 516 g/mol. The first kappa shape index (κ1) is 26.7. The first-order valence-electron chi connectivity index (χ1n) is 12.3. The summed E-state index contributed by atoms with van der Waals surface area (Å²) in [5, 5.41) is 2.52. The number of rotatable bonds is 5. The molecule has 0 saturated heterocycles. The molecular formula is C30H30FN3O4. The lowest BCUT2D eigenvalue weighted by Gasteiger charge is -2.27. The van der Waals surface area contributed by atoms with Gasteiger partial charge in [-0.1, -0.05) is 54.6 Å². The second kappa shape index (κ2) is 10.6. The summed E-state index contributed by atoms with van der Waals surface area (Å²) in [6.45, 7) is 8.42. The second-order valence-electron chi connectivity index (χ2n) is 10.1. The molecule has 0 bridgehead atoms. The normalized spacial score (nSPS) is 15.3. The van der Waals surface area contributed by atoms with E-state index in [1.54, 1.807) is 76.2 Å². The van der Waals surface area contributed by atoms with Crippen LogP contribution in [0.3, 0.4) is 0 Å². The van der Waals surface area contributed by atoms with E-state index < -0.39 is 29.6 Å². The third kappa shape index (κ3) is 5.64. The molecule has 3 aromatic carbocycles. The van der Waals surface area contributed by atoms with E-state index in [9.17, 15) is 14.4 Å². The molecule has 38 heavy (non-hydrogen) atoms. The largest absolute Gasteiger partial charge is 0.444 e. The van der Waals surface area contributed by atoms with Crippen molar-refractivity contribution in [1.29, 1.82) is 0 Å². The number of nitrogens with one attached hydrogen (secondary N) is 1. The number of benzodiazepines with no additional fused rings is 1. The molecule has 196 valence electrons. The molecular weight excluding hydrogens is 485 g/mol. The highest BCUT2D eigenvalue weighted by Gasteiger charge is 2.36. The Labute approximate surface area is 221 Å². The maximum Gasteiger partial charge on any atom is 0.409 e. The van der Waals surface area contributed by atoms with Crippen molar-refractivity contribution in [3.8, 4) is 0 Å². The molecule has 3 aromatic rings. The predicted octanol–water partition coefficient (Wildman–Crippen LogP) is 5.36. The maximum atomic E-state index is 15.0. The molecule has 1 atom stereocenters. The van der Waals surface area contributed by atoms with E-state index in [-0.39, 0.29) is 23.6 Å². The molecule has 4 rings (SSSR count). The summed E-state index contributed by atoms with van der Waals surface area (Å²) in [6, 6.07) is 18.5. The molecule has 0 spiro atoms. The predicted molar refractivity (Wildman–Crippen MR) is 144 cm³/mol. The van der Waals surface area contributed by atoms with Crippen LogP contribution in [0.5, 0.6) is 0 Å². The Hall–Kier alpha value is -4.33. The van der Waals surface area contributed by atoms with Crippen LogP contribution >= 0.6 is 0 Å². The third-order valence-corrected chi connectivity index (χ3v) is 6.05. The molecule has 2 amide bonds. The number of alkyl carbamates (subject to hydrolysis) is 1. The highest BCUT2D eigenvalue weighted by Crippen LogP contribution is 2.32. The van der Waals surface area contributed by atoms with Gasteiger partial charge in [0.05, 0.1) is 17.9 Å². The van der Waals surface area contributed by atoms with Gasteiger partial charge in [-0.2, -0.15) is 0 Å². The number of benzene rings is 3. The first-order valence-corrected chi connectivity index (χ1v) is 12.3. The summed E-state index contributed by atoms with van der Waals surface area (Å²) in [7, 11) is 0. The maximum absolute atomic E-state index is 15.0. The Morgan fingerprint density at radius 2 is 1.58 bits per heavy atom. The zero-order chi connectivity index (χ0) is 27.6. The summed E-state index contributed by atoms with van der Waals surface area (Å²) in [6.07, 6.45) is -2.32. The lowest BCUT2D eigenvalue weighted by atomic mass is 9.97. The quantitative estimate of drug-likeness (QED) is 0.464. The van der Waals surface area contributed by atoms with E-state index in [0.717, 1.165) is 5.56 Å². The Bertz CT molecular complexity index is 1440. The summed E-state index contributed by atoms with van der Waals surface area (Å²) in [4.78, 5) is 46.0. The topological polar surface area (TPSA) is 88.1 Å². The SMILES string of the molecule is Cc1ccccc1C(=O)CN1C(=O)C(NC(=O)OC(C)(C)C)N=C(c2ccccc2F)c2cccc(C)c21. The summed E-state index contributed by atoms with van der Waals surface area (Å²) in [5.41, 5.74) is 2.36. The van der Waals surface area contributed by atoms with Gasteiger partial charge in [-0.25, -0.2) is 14.2 Å². The number of amides is 2. The average Bonchev–Trinajstić information content (AvgIpc) is 2.94. The molecule has 0 fully saturated rings. The fraction of sp³-hybridized carbons (Fsp3) is 0.267. The van der Waals surface area contributed by atoms with E-state index in [4.69, 9.17) is 4.74 Å². The van der Waals surface area contributed by atoms with Crippen LogP contribution < -0.4 is 10.2 Å². The van der Waals surface area contributed by atoms with Crippen LogP contribution in [0.15, 0.2) is 71.7 Å². The number of aryl methyl sites for hydroxylation is 2. The van der Waals surface area contributed by atoms with Crippen molar-refractivity contribution in [3.63, 3.8) is 0 Å². The Morgan fingerprint density at radius 1 is 0.947 bits per heavy atom. The number of hydrogen-bond acceptors (Lipinski definition) is 5. The molecule has 1 N–H and O–H groups in total. The number of halogens is 1. The number of hydrogen-bond donors (Lipinski definition) is 1. The van der Waals surface area contributed by atoms with Gasteiger partial charge in [0.2, 0.25) is 6.17 Å². The monoisotopic (exact) mass is 515 g/mol. The van der Waals surface area contributed by atoms with Crippen LogP contribution in [0.2, 0.25) is 0 Å². The van der Waals surface area contributed by atoms with Crippen molar-refractivity contribution in [2.24, 2.45) is 4.99 Å². The molecule has 1 aliphatic rings. The molecule has 1 unspecified atom stereocenters. The zero-order valence-corrected chi connectivity index (χ0v) is 22.0. The van der Waals surface area contributed by atoms with E-state index in [1.807, 2.05) is 19.1 Å². The van der Waals surface area contributed by atoms with E-state index in [1.165, 1.54) is 11.0 Å². The fourth-order valence-corrected chi connectivity index (χ4v) is 4.37. The minimum atomic E-state index is -1.46. The van der Waals surface area contributed by atoms with Crippen molar-refractivity contribution in [2.75, 3.05) is 11.4 Å². The summed E-state index contributed by atoms with van der Waals surface area (Å²) < 4.78 is 20.4. The molecule has 0 aromatic heterocycles. The molecule has 7 nitrogen and oxygen atoms in total. The number of aliphatic imine (C=N–C) groups is 1. The summed E-state index contributed by atoms with van der Waals surface area (Å²) in [5.74, 6) is -1.46. The van der Waals surface area contributed by atoms with Crippen molar-refractivity contribution in [3.05, 3.63) is 100 Å². The van der Waals surface area contributed by atoms with Crippen LogP contribution in [-0.4, -0.2) is 41.8 Å². The standard InChI is InChI=1S/C30H30FN3O4/c1-18-11-6-7-13-20(18)24(35)17-34-26-19(2)12-10-15-22(26)25(21-14-8-9-16-23(21)31)32-27(28(34)36)33-29(37)38-30(3,4)5/h6-16,27H,17H2,1-5H3,(H,33,37). The Morgan fingerprint density at radius 3 is 2.26 bits per heavy atom. The fourth-order valence-electron chi connectivity index (χ4n) is 4.37. The number of carbonyl (C=O) groups excluding carboxylic acids is 3. The highest BCUT2D eigenvalue weighted by atomic mass is 19.1. The number of carbonyl (C=O) groups is 3. The van der Waals surface area contributed by atoms with Gasteiger partial charge in [-0.05, 0) is 57.9 Å². The van der Waals surface area contributed by atoms with E-state index >= 15 is 4.39 Å². The number of anilines is 1. The van der Waals surface area contributed by atoms with Crippen LogP contribution in [0, 0.1) is 19.7 Å².